The van der Waals surface area contributed by atoms with Crippen LogP contribution in [0.25, 0.3) is 0 Å². The maximum atomic E-state index is 13.1. The molecule has 0 aliphatic carbocycles. The van der Waals surface area contributed by atoms with Gasteiger partial charge in [0.2, 0.25) is 0 Å². The predicted molar refractivity (Wildman–Crippen MR) is 267 cm³/mol. The maximum absolute atomic E-state index is 13.1. The van der Waals surface area contributed by atoms with Gasteiger partial charge in [-0.15, -0.1) is 0 Å². The first-order valence-corrected chi connectivity index (χ1v) is 28.0. The number of rotatable bonds is 48. The topological polar surface area (TPSA) is 175 Å². The summed E-state index contributed by atoms with van der Waals surface area (Å²) in [4.78, 5) is 50.9. The smallest absolute Gasteiger partial charge is 0.335 e. The molecule has 12 heteroatoms. The van der Waals surface area contributed by atoms with Crippen molar-refractivity contribution in [1.82, 2.24) is 0 Å². The van der Waals surface area contributed by atoms with Crippen molar-refractivity contribution in [3.05, 3.63) is 0 Å². The lowest BCUT2D eigenvalue weighted by Crippen LogP contribution is -2.61. The summed E-state index contributed by atoms with van der Waals surface area (Å²) in [5, 5.41) is 31.4. The van der Waals surface area contributed by atoms with Gasteiger partial charge in [0, 0.05) is 19.3 Å². The SMILES string of the molecule is CCCCCCCCCCCCCCCCCC(=O)OC1C(OCC(COC(=O)CCCCCCCCCCCCC)OC(=O)CCCCCCCCCCCCC)OC(C(=O)O)C(O)C1O. The molecule has 0 amide bonds. The molecule has 0 saturated carbocycles. The molecule has 0 aromatic heterocycles. The average molecular weight is 955 g/mol. The number of unbranched alkanes of at least 4 members (excludes halogenated alkanes) is 34. The maximum Gasteiger partial charge on any atom is 0.335 e. The molecule has 0 aromatic carbocycles. The minimum absolute atomic E-state index is 0.0704. The number of carbonyl (C=O) groups is 4. The zero-order valence-electron chi connectivity index (χ0n) is 43.2. The molecule has 1 heterocycles. The fourth-order valence-electron chi connectivity index (χ4n) is 8.84. The van der Waals surface area contributed by atoms with Gasteiger partial charge in [-0.25, -0.2) is 4.79 Å². The number of aliphatic hydroxyl groups excluding tert-OH is 2. The Morgan fingerprint density at radius 3 is 1.12 bits per heavy atom. The van der Waals surface area contributed by atoms with E-state index >= 15 is 0 Å². The third kappa shape index (κ3) is 35.5. The molecule has 67 heavy (non-hydrogen) atoms. The molecular formula is C55H102O12. The highest BCUT2D eigenvalue weighted by molar-refractivity contribution is 5.74. The van der Waals surface area contributed by atoms with Crippen molar-refractivity contribution >= 4 is 23.9 Å². The number of aliphatic carboxylic acids is 1. The Hall–Kier alpha value is -2.28. The van der Waals surface area contributed by atoms with Crippen LogP contribution in [0.3, 0.4) is 0 Å². The van der Waals surface area contributed by atoms with Crippen LogP contribution in [0.4, 0.5) is 0 Å². The average Bonchev–Trinajstić information content (AvgIpc) is 3.31. The molecule has 3 N–H and O–H groups in total. The van der Waals surface area contributed by atoms with Crippen LogP contribution in [0.15, 0.2) is 0 Å². The molecule has 394 valence electrons. The Morgan fingerprint density at radius 1 is 0.433 bits per heavy atom. The summed E-state index contributed by atoms with van der Waals surface area (Å²) >= 11 is 0. The van der Waals surface area contributed by atoms with Crippen molar-refractivity contribution in [2.75, 3.05) is 13.2 Å². The fourth-order valence-corrected chi connectivity index (χ4v) is 8.84. The zero-order chi connectivity index (χ0) is 49.0. The molecule has 0 aromatic rings. The first kappa shape index (κ1) is 62.7. The van der Waals surface area contributed by atoms with Gasteiger partial charge < -0.3 is 39.0 Å². The third-order valence-corrected chi connectivity index (χ3v) is 13.2. The molecular weight excluding hydrogens is 853 g/mol. The van der Waals surface area contributed by atoms with Crippen molar-refractivity contribution < 1.29 is 58.2 Å². The van der Waals surface area contributed by atoms with Gasteiger partial charge >= 0.3 is 23.9 Å². The van der Waals surface area contributed by atoms with E-state index in [2.05, 4.69) is 20.8 Å². The molecule has 1 aliphatic heterocycles. The molecule has 0 spiro atoms. The van der Waals surface area contributed by atoms with Crippen LogP contribution < -0.4 is 0 Å². The van der Waals surface area contributed by atoms with E-state index in [0.29, 0.717) is 19.3 Å². The Kier molecular flexibility index (Phi) is 42.0. The lowest BCUT2D eigenvalue weighted by Gasteiger charge is -2.40. The second kappa shape index (κ2) is 44.9. The number of esters is 3. The first-order valence-electron chi connectivity index (χ1n) is 28.0. The molecule has 1 saturated heterocycles. The zero-order valence-corrected chi connectivity index (χ0v) is 43.2. The molecule has 6 atom stereocenters. The highest BCUT2D eigenvalue weighted by Gasteiger charge is 2.50. The minimum Gasteiger partial charge on any atom is -0.479 e. The van der Waals surface area contributed by atoms with Gasteiger partial charge in [0.25, 0.3) is 0 Å². The van der Waals surface area contributed by atoms with E-state index in [1.54, 1.807) is 0 Å². The number of carboxylic acid groups (broad SMARTS) is 1. The number of carbonyl (C=O) groups excluding carboxylic acids is 3. The van der Waals surface area contributed by atoms with Gasteiger partial charge in [-0.1, -0.05) is 239 Å². The highest BCUT2D eigenvalue weighted by Crippen LogP contribution is 2.26. The van der Waals surface area contributed by atoms with Crippen molar-refractivity contribution in [3.63, 3.8) is 0 Å². The van der Waals surface area contributed by atoms with E-state index in [1.165, 1.54) is 161 Å². The van der Waals surface area contributed by atoms with E-state index in [4.69, 9.17) is 23.7 Å². The number of ether oxygens (including phenoxy) is 5. The van der Waals surface area contributed by atoms with Crippen molar-refractivity contribution in [2.45, 2.75) is 314 Å². The van der Waals surface area contributed by atoms with Crippen LogP contribution in [-0.2, 0) is 42.9 Å². The molecule has 1 rings (SSSR count). The molecule has 12 nitrogen and oxygen atoms in total. The van der Waals surface area contributed by atoms with Crippen LogP contribution in [0.2, 0.25) is 0 Å². The Bertz CT molecular complexity index is 1180. The standard InChI is InChI=1S/C55H102O12/c1-4-7-10-13-16-19-22-23-24-25-28-31-34-37-40-43-49(58)66-53-51(60)50(59)52(54(61)62)67-55(53)64-45-46(65-48(57)42-39-36-33-30-27-21-18-15-12-9-6-3)44-63-47(56)41-38-35-32-29-26-20-17-14-11-8-5-2/h46,50-53,55,59-60H,4-45H2,1-3H3,(H,61,62). The third-order valence-electron chi connectivity index (χ3n) is 13.2. The normalized spacial score (nSPS) is 18.7. The number of carboxylic acids is 1. The van der Waals surface area contributed by atoms with E-state index in [9.17, 15) is 34.5 Å². The predicted octanol–water partition coefficient (Wildman–Crippen LogP) is 13.6. The van der Waals surface area contributed by atoms with Crippen molar-refractivity contribution in [3.8, 4) is 0 Å². The second-order valence-corrected chi connectivity index (χ2v) is 19.6. The minimum atomic E-state index is -1.89. The summed E-state index contributed by atoms with van der Waals surface area (Å²) in [6.45, 7) is 5.99. The van der Waals surface area contributed by atoms with Crippen LogP contribution in [0.5, 0.6) is 0 Å². The van der Waals surface area contributed by atoms with Gasteiger partial charge in [0.05, 0.1) is 6.61 Å². The van der Waals surface area contributed by atoms with Crippen LogP contribution in [0.1, 0.15) is 278 Å². The van der Waals surface area contributed by atoms with Crippen molar-refractivity contribution in [2.24, 2.45) is 0 Å². The largest absolute Gasteiger partial charge is 0.479 e. The van der Waals surface area contributed by atoms with E-state index in [0.717, 1.165) is 57.8 Å². The molecule has 1 fully saturated rings. The fraction of sp³-hybridized carbons (Fsp3) is 0.927. The van der Waals surface area contributed by atoms with Gasteiger partial charge in [0.1, 0.15) is 18.8 Å². The second-order valence-electron chi connectivity index (χ2n) is 19.6. The monoisotopic (exact) mass is 955 g/mol. The summed E-state index contributed by atoms with van der Waals surface area (Å²) in [6, 6.07) is 0. The summed E-state index contributed by atoms with van der Waals surface area (Å²) in [6.07, 6.45) is 33.7. The van der Waals surface area contributed by atoms with E-state index in [1.807, 2.05) is 0 Å². The number of hydrogen-bond acceptors (Lipinski definition) is 11. The summed E-state index contributed by atoms with van der Waals surface area (Å²) in [5.74, 6) is -3.08. The van der Waals surface area contributed by atoms with Gasteiger partial charge in [-0.2, -0.15) is 0 Å². The summed E-state index contributed by atoms with van der Waals surface area (Å²) in [5.41, 5.74) is 0. The quantitative estimate of drug-likeness (QED) is 0.0299. The Balaban J connectivity index is 2.68. The van der Waals surface area contributed by atoms with E-state index < -0.39 is 67.3 Å². The summed E-state index contributed by atoms with van der Waals surface area (Å²) in [7, 11) is 0. The van der Waals surface area contributed by atoms with Crippen LogP contribution in [-0.4, -0.2) is 89.2 Å². The number of aliphatic hydroxyl groups is 2. The van der Waals surface area contributed by atoms with Gasteiger partial charge in [-0.05, 0) is 19.3 Å². The molecule has 1 aliphatic rings. The van der Waals surface area contributed by atoms with Crippen molar-refractivity contribution in [1.29, 1.82) is 0 Å². The number of hydrogen-bond donors (Lipinski definition) is 3. The first-order chi connectivity index (χ1) is 32.6. The molecule has 0 radical (unpaired) electrons. The molecule has 0 bridgehead atoms. The Morgan fingerprint density at radius 2 is 0.761 bits per heavy atom. The Labute approximate surface area is 408 Å². The lowest BCUT2D eigenvalue weighted by atomic mass is 9.98. The van der Waals surface area contributed by atoms with Gasteiger partial charge in [0.15, 0.2) is 24.6 Å². The lowest BCUT2D eigenvalue weighted by molar-refractivity contribution is -0.301. The molecule has 6 unspecified atom stereocenters. The van der Waals surface area contributed by atoms with Crippen LogP contribution in [0, 0.1) is 0 Å². The summed E-state index contributed by atoms with van der Waals surface area (Å²) < 4.78 is 28.3. The van der Waals surface area contributed by atoms with Crippen LogP contribution >= 0.6 is 0 Å². The highest BCUT2D eigenvalue weighted by atomic mass is 16.7. The van der Waals surface area contributed by atoms with E-state index in [-0.39, 0.29) is 25.9 Å². The van der Waals surface area contributed by atoms with Gasteiger partial charge in [-0.3, -0.25) is 14.4 Å².